The molecule has 0 bridgehead atoms. The third kappa shape index (κ3) is 2.82. The standard InChI is InChI=1S/C12H14N4O2S/c1-16(2)8-15-19(17,18)12-6-10(13)5-9-7-14-4-3-11(9)12/h3-8H,13H2,1-2H3. The fraction of sp³-hybridized carbons (Fsp3) is 0.167. The molecule has 100 valence electrons. The van der Waals surface area contributed by atoms with Gasteiger partial charge in [-0.1, -0.05) is 0 Å². The predicted octanol–water partition coefficient (Wildman–Crippen LogP) is 1.10. The molecule has 1 aromatic carbocycles. The third-order valence-electron chi connectivity index (χ3n) is 2.43. The second kappa shape index (κ2) is 4.85. The molecule has 0 amide bonds. The topological polar surface area (TPSA) is 88.7 Å². The molecule has 2 N–H and O–H groups in total. The van der Waals surface area contributed by atoms with Gasteiger partial charge in [0.15, 0.2) is 0 Å². The number of hydrogen-bond donors (Lipinski definition) is 1. The first kappa shape index (κ1) is 13.3. The largest absolute Gasteiger partial charge is 0.399 e. The first-order valence-electron chi connectivity index (χ1n) is 5.50. The number of nitrogens with two attached hydrogens (primary N) is 1. The number of pyridine rings is 1. The lowest BCUT2D eigenvalue weighted by atomic mass is 10.1. The molecular weight excluding hydrogens is 264 g/mol. The van der Waals surface area contributed by atoms with Gasteiger partial charge in [0.05, 0.1) is 4.90 Å². The molecule has 1 aromatic heterocycles. The van der Waals surface area contributed by atoms with E-state index in [9.17, 15) is 8.42 Å². The van der Waals surface area contributed by atoms with Crippen LogP contribution in [0.3, 0.4) is 0 Å². The summed E-state index contributed by atoms with van der Waals surface area (Å²) < 4.78 is 28.0. The molecule has 0 aliphatic carbocycles. The summed E-state index contributed by atoms with van der Waals surface area (Å²) in [6.07, 6.45) is 4.35. The van der Waals surface area contributed by atoms with Crippen LogP contribution in [0.4, 0.5) is 5.69 Å². The normalized spacial score (nSPS) is 12.1. The van der Waals surface area contributed by atoms with E-state index in [2.05, 4.69) is 9.38 Å². The van der Waals surface area contributed by atoms with E-state index in [0.717, 1.165) is 0 Å². The number of nitrogens with zero attached hydrogens (tertiary/aromatic N) is 3. The Kier molecular flexibility index (Phi) is 3.39. The van der Waals surface area contributed by atoms with Gasteiger partial charge in [-0.3, -0.25) is 4.98 Å². The minimum absolute atomic E-state index is 0.0861. The fourth-order valence-corrected chi connectivity index (χ4v) is 2.80. The Balaban J connectivity index is 2.68. The maximum atomic E-state index is 12.2. The van der Waals surface area contributed by atoms with Gasteiger partial charge in [-0.05, 0) is 18.2 Å². The zero-order valence-corrected chi connectivity index (χ0v) is 11.4. The summed E-state index contributed by atoms with van der Waals surface area (Å²) in [5, 5.41) is 1.22. The Labute approximate surface area is 111 Å². The molecule has 2 rings (SSSR count). The molecule has 0 spiro atoms. The van der Waals surface area contributed by atoms with E-state index in [1.165, 1.54) is 18.6 Å². The van der Waals surface area contributed by atoms with Crippen molar-refractivity contribution in [3.05, 3.63) is 30.6 Å². The van der Waals surface area contributed by atoms with Crippen LogP contribution in [0, 0.1) is 0 Å². The molecule has 0 radical (unpaired) electrons. The summed E-state index contributed by atoms with van der Waals surface area (Å²) in [5.74, 6) is 0. The van der Waals surface area contributed by atoms with Crippen LogP contribution in [-0.2, 0) is 10.0 Å². The second-order valence-electron chi connectivity index (χ2n) is 4.28. The summed E-state index contributed by atoms with van der Waals surface area (Å²) in [6, 6.07) is 4.72. The number of anilines is 1. The Morgan fingerprint density at radius 3 is 2.79 bits per heavy atom. The molecule has 7 heteroatoms. The molecule has 1 heterocycles. The Bertz CT molecular complexity index is 738. The van der Waals surface area contributed by atoms with Gasteiger partial charge in [0, 0.05) is 42.9 Å². The van der Waals surface area contributed by atoms with Gasteiger partial charge >= 0.3 is 0 Å². The van der Waals surface area contributed by atoms with Crippen LogP contribution in [0.5, 0.6) is 0 Å². The van der Waals surface area contributed by atoms with E-state index in [1.807, 2.05) is 0 Å². The van der Waals surface area contributed by atoms with Crippen LogP contribution >= 0.6 is 0 Å². The number of sulfonamides is 1. The van der Waals surface area contributed by atoms with Crippen LogP contribution in [0.1, 0.15) is 0 Å². The van der Waals surface area contributed by atoms with Crippen molar-refractivity contribution in [2.75, 3.05) is 19.8 Å². The van der Waals surface area contributed by atoms with Crippen LogP contribution < -0.4 is 5.73 Å². The number of nitrogen functional groups attached to an aromatic ring is 1. The van der Waals surface area contributed by atoms with Crippen molar-refractivity contribution >= 4 is 32.8 Å². The smallest absolute Gasteiger partial charge is 0.284 e. The summed E-state index contributed by atoms with van der Waals surface area (Å²) in [7, 11) is -0.395. The van der Waals surface area contributed by atoms with Gasteiger partial charge in [0.2, 0.25) is 0 Å². The monoisotopic (exact) mass is 278 g/mol. The summed E-state index contributed by atoms with van der Waals surface area (Å²) in [6.45, 7) is 0. The third-order valence-corrected chi connectivity index (χ3v) is 3.70. The molecule has 0 saturated carbocycles. The van der Waals surface area contributed by atoms with Crippen LogP contribution in [-0.4, -0.2) is 38.7 Å². The lowest BCUT2D eigenvalue weighted by Crippen LogP contribution is -2.10. The van der Waals surface area contributed by atoms with Crippen molar-refractivity contribution < 1.29 is 8.42 Å². The molecule has 0 atom stereocenters. The first-order valence-corrected chi connectivity index (χ1v) is 6.94. The highest BCUT2D eigenvalue weighted by Gasteiger charge is 2.16. The molecule has 19 heavy (non-hydrogen) atoms. The quantitative estimate of drug-likeness (QED) is 0.516. The lowest BCUT2D eigenvalue weighted by Gasteiger charge is -2.07. The first-order chi connectivity index (χ1) is 8.90. The maximum absolute atomic E-state index is 12.2. The SMILES string of the molecule is CN(C)C=NS(=O)(=O)c1cc(N)cc2cnccc12. The van der Waals surface area contributed by atoms with E-state index in [1.54, 1.807) is 37.3 Å². The van der Waals surface area contributed by atoms with Crippen molar-refractivity contribution in [2.24, 2.45) is 4.40 Å². The highest BCUT2D eigenvalue weighted by atomic mass is 32.2. The fourth-order valence-electron chi connectivity index (χ4n) is 1.62. The van der Waals surface area contributed by atoms with E-state index >= 15 is 0 Å². The Morgan fingerprint density at radius 2 is 2.11 bits per heavy atom. The van der Waals surface area contributed by atoms with Gasteiger partial charge in [-0.25, -0.2) is 0 Å². The number of benzene rings is 1. The molecule has 0 unspecified atom stereocenters. The maximum Gasteiger partial charge on any atom is 0.284 e. The van der Waals surface area contributed by atoms with Crippen LogP contribution in [0.2, 0.25) is 0 Å². The highest BCUT2D eigenvalue weighted by molar-refractivity contribution is 7.90. The van der Waals surface area contributed by atoms with E-state index in [0.29, 0.717) is 16.5 Å². The molecule has 0 saturated heterocycles. The summed E-state index contributed by atoms with van der Waals surface area (Å²) in [5.41, 5.74) is 6.08. The molecule has 0 aliphatic rings. The van der Waals surface area contributed by atoms with E-state index in [4.69, 9.17) is 5.73 Å². The second-order valence-corrected chi connectivity index (χ2v) is 5.88. The van der Waals surface area contributed by atoms with Gasteiger partial charge in [-0.2, -0.15) is 8.42 Å². The minimum atomic E-state index is -3.78. The van der Waals surface area contributed by atoms with Crippen molar-refractivity contribution in [2.45, 2.75) is 4.90 Å². The number of aromatic nitrogens is 1. The molecule has 6 nitrogen and oxygen atoms in total. The van der Waals surface area contributed by atoms with Gasteiger partial charge < -0.3 is 10.6 Å². The average molecular weight is 278 g/mol. The lowest BCUT2D eigenvalue weighted by molar-refractivity contribution is 0.595. The van der Waals surface area contributed by atoms with E-state index < -0.39 is 10.0 Å². The van der Waals surface area contributed by atoms with Crippen LogP contribution in [0.25, 0.3) is 10.8 Å². The van der Waals surface area contributed by atoms with Crippen molar-refractivity contribution in [1.82, 2.24) is 9.88 Å². The predicted molar refractivity (Wildman–Crippen MR) is 75.5 cm³/mol. The molecule has 0 aliphatic heterocycles. The molecular formula is C12H14N4O2S. The van der Waals surface area contributed by atoms with Gasteiger partial charge in [-0.15, -0.1) is 4.40 Å². The van der Waals surface area contributed by atoms with Crippen molar-refractivity contribution in [3.63, 3.8) is 0 Å². The minimum Gasteiger partial charge on any atom is -0.399 e. The summed E-state index contributed by atoms with van der Waals surface area (Å²) >= 11 is 0. The zero-order chi connectivity index (χ0) is 14.0. The van der Waals surface area contributed by atoms with Gasteiger partial charge in [0.25, 0.3) is 10.0 Å². The highest BCUT2D eigenvalue weighted by Crippen LogP contribution is 2.26. The van der Waals surface area contributed by atoms with Crippen molar-refractivity contribution in [1.29, 1.82) is 0 Å². The molecule has 0 fully saturated rings. The van der Waals surface area contributed by atoms with Crippen LogP contribution in [0.15, 0.2) is 39.9 Å². The van der Waals surface area contributed by atoms with Crippen molar-refractivity contribution in [3.8, 4) is 0 Å². The number of fused-ring (bicyclic) bond motifs is 1. The zero-order valence-electron chi connectivity index (χ0n) is 10.6. The van der Waals surface area contributed by atoms with Gasteiger partial charge in [0.1, 0.15) is 6.34 Å². The van der Waals surface area contributed by atoms with E-state index in [-0.39, 0.29) is 4.90 Å². The Hall–Kier alpha value is -2.15. The Morgan fingerprint density at radius 1 is 1.37 bits per heavy atom. The molecule has 2 aromatic rings. The number of rotatable bonds is 3. The average Bonchev–Trinajstić information content (AvgIpc) is 2.35. The number of hydrogen-bond acceptors (Lipinski definition) is 4. The summed E-state index contributed by atoms with van der Waals surface area (Å²) in [4.78, 5) is 5.59.